The lowest BCUT2D eigenvalue weighted by Crippen LogP contribution is -2.59. The van der Waals surface area contributed by atoms with Gasteiger partial charge in [0.1, 0.15) is 5.75 Å². The quantitative estimate of drug-likeness (QED) is 0.814. The van der Waals surface area contributed by atoms with Crippen LogP contribution in [0.15, 0.2) is 18.2 Å². The summed E-state index contributed by atoms with van der Waals surface area (Å²) in [7, 11) is 1.54. The first-order valence-electron chi connectivity index (χ1n) is 7.74. The van der Waals surface area contributed by atoms with Crippen molar-refractivity contribution in [1.29, 1.82) is 0 Å². The molecule has 0 saturated carbocycles. The third-order valence-electron chi connectivity index (χ3n) is 4.61. The summed E-state index contributed by atoms with van der Waals surface area (Å²) in [5.41, 5.74) is 0.453. The van der Waals surface area contributed by atoms with Crippen molar-refractivity contribution in [1.82, 2.24) is 15.5 Å². The van der Waals surface area contributed by atoms with E-state index in [2.05, 4.69) is 15.5 Å². The van der Waals surface area contributed by atoms with Gasteiger partial charge < -0.3 is 15.0 Å². The number of benzene rings is 1. The molecule has 3 heterocycles. The number of thiocarbonyl (C=S) groups is 1. The van der Waals surface area contributed by atoms with E-state index in [0.717, 1.165) is 6.54 Å². The number of piperidine rings is 3. The Labute approximate surface area is 146 Å². The van der Waals surface area contributed by atoms with Gasteiger partial charge in [-0.2, -0.15) is 0 Å². The molecule has 2 bridgehead atoms. The predicted molar refractivity (Wildman–Crippen MR) is 94.2 cm³/mol. The molecule has 3 saturated heterocycles. The summed E-state index contributed by atoms with van der Waals surface area (Å²) in [5.74, 6) is 0.912. The van der Waals surface area contributed by atoms with E-state index in [1.807, 2.05) is 0 Å². The Balaban J connectivity index is 1.57. The maximum absolute atomic E-state index is 12.3. The van der Waals surface area contributed by atoms with Gasteiger partial charge in [-0.25, -0.2) is 0 Å². The van der Waals surface area contributed by atoms with E-state index in [1.54, 1.807) is 18.2 Å². The Hall–Kier alpha value is -1.37. The van der Waals surface area contributed by atoms with E-state index in [9.17, 15) is 4.79 Å². The van der Waals surface area contributed by atoms with E-state index < -0.39 is 0 Å². The monoisotopic (exact) mass is 353 g/mol. The number of halogens is 1. The molecule has 5 nitrogen and oxygen atoms in total. The van der Waals surface area contributed by atoms with Crippen LogP contribution in [-0.4, -0.2) is 48.7 Å². The van der Waals surface area contributed by atoms with Crippen LogP contribution in [-0.2, 0) is 0 Å². The van der Waals surface area contributed by atoms with Crippen LogP contribution in [0.4, 0.5) is 0 Å². The fourth-order valence-electron chi connectivity index (χ4n) is 3.32. The Morgan fingerprint density at radius 1 is 1.39 bits per heavy atom. The molecule has 23 heavy (non-hydrogen) atoms. The number of hydrogen-bond acceptors (Lipinski definition) is 4. The van der Waals surface area contributed by atoms with Crippen LogP contribution in [0, 0.1) is 5.92 Å². The third kappa shape index (κ3) is 3.76. The van der Waals surface area contributed by atoms with Crippen LogP contribution in [0.25, 0.3) is 0 Å². The van der Waals surface area contributed by atoms with E-state index in [1.165, 1.54) is 33.0 Å². The second-order valence-electron chi connectivity index (χ2n) is 6.02. The number of carbonyl (C=O) groups is 1. The highest BCUT2D eigenvalue weighted by Gasteiger charge is 2.34. The molecule has 0 aromatic heterocycles. The highest BCUT2D eigenvalue weighted by atomic mass is 35.5. The number of amides is 1. The van der Waals surface area contributed by atoms with Gasteiger partial charge in [-0.15, -0.1) is 0 Å². The SMILES string of the molecule is COc1ccc(C(=O)NC(=S)NC2CN3CCC2CC3)cc1Cl. The Kier molecular flexibility index (Phi) is 5.04. The minimum Gasteiger partial charge on any atom is -0.495 e. The van der Waals surface area contributed by atoms with Crippen LogP contribution in [0.3, 0.4) is 0 Å². The summed E-state index contributed by atoms with van der Waals surface area (Å²) in [4.78, 5) is 14.7. The van der Waals surface area contributed by atoms with Crippen molar-refractivity contribution in [2.45, 2.75) is 18.9 Å². The van der Waals surface area contributed by atoms with Gasteiger partial charge >= 0.3 is 0 Å². The Bertz CT molecular complexity index is 617. The molecule has 3 fully saturated rings. The van der Waals surface area contributed by atoms with E-state index in [0.29, 0.717) is 33.4 Å². The van der Waals surface area contributed by atoms with Crippen molar-refractivity contribution in [2.24, 2.45) is 5.92 Å². The molecular weight excluding hydrogens is 334 g/mol. The van der Waals surface area contributed by atoms with Crippen molar-refractivity contribution in [3.63, 3.8) is 0 Å². The van der Waals surface area contributed by atoms with Crippen LogP contribution in [0.5, 0.6) is 5.75 Å². The van der Waals surface area contributed by atoms with Crippen molar-refractivity contribution >= 4 is 34.8 Å². The maximum Gasteiger partial charge on any atom is 0.257 e. The van der Waals surface area contributed by atoms with Crippen LogP contribution in [0.1, 0.15) is 23.2 Å². The fourth-order valence-corrected chi connectivity index (χ4v) is 3.82. The van der Waals surface area contributed by atoms with Gasteiger partial charge in [0, 0.05) is 18.2 Å². The molecule has 3 aliphatic rings. The largest absolute Gasteiger partial charge is 0.495 e. The average Bonchev–Trinajstić information content (AvgIpc) is 2.55. The molecule has 1 amide bonds. The highest BCUT2D eigenvalue weighted by Crippen LogP contribution is 2.27. The molecule has 1 aromatic carbocycles. The summed E-state index contributed by atoms with van der Waals surface area (Å²) in [6.45, 7) is 3.34. The predicted octanol–water partition coefficient (Wildman–Crippen LogP) is 2.05. The number of methoxy groups -OCH3 is 1. The standard InChI is InChI=1S/C16H20ClN3O2S/c1-22-14-3-2-11(8-12(14)17)15(21)19-16(23)18-13-9-20-6-4-10(13)5-7-20/h2-3,8,10,13H,4-7,9H2,1H3,(H2,18,19,21,23). The van der Waals surface area contributed by atoms with Gasteiger partial charge in [-0.1, -0.05) is 11.6 Å². The van der Waals surface area contributed by atoms with Crippen LogP contribution < -0.4 is 15.4 Å². The van der Waals surface area contributed by atoms with Crippen molar-refractivity contribution in [3.8, 4) is 5.75 Å². The molecule has 7 heteroatoms. The van der Waals surface area contributed by atoms with Gasteiger partial charge in [0.05, 0.1) is 12.1 Å². The summed E-state index contributed by atoms with van der Waals surface area (Å²) in [6, 6.07) is 5.23. The lowest BCUT2D eigenvalue weighted by Gasteiger charge is -2.45. The van der Waals surface area contributed by atoms with Crippen LogP contribution in [0.2, 0.25) is 5.02 Å². The summed E-state index contributed by atoms with van der Waals surface area (Å²) in [6.07, 6.45) is 2.39. The van der Waals surface area contributed by atoms with Crippen LogP contribution >= 0.6 is 23.8 Å². The zero-order valence-electron chi connectivity index (χ0n) is 13.0. The minimum absolute atomic E-state index is 0.270. The first-order valence-corrected chi connectivity index (χ1v) is 8.53. The molecule has 2 N–H and O–H groups in total. The highest BCUT2D eigenvalue weighted by molar-refractivity contribution is 7.80. The summed E-state index contributed by atoms with van der Waals surface area (Å²) >= 11 is 11.3. The summed E-state index contributed by atoms with van der Waals surface area (Å²) < 4.78 is 5.08. The number of nitrogens with zero attached hydrogens (tertiary/aromatic N) is 1. The normalized spacial score (nSPS) is 25.7. The second kappa shape index (κ2) is 7.03. The molecule has 1 unspecified atom stereocenters. The molecule has 124 valence electrons. The second-order valence-corrected chi connectivity index (χ2v) is 6.84. The number of nitrogens with one attached hydrogen (secondary N) is 2. The van der Waals surface area contributed by atoms with E-state index in [4.69, 9.17) is 28.6 Å². The number of ether oxygens (including phenoxy) is 1. The molecule has 1 atom stereocenters. The first kappa shape index (κ1) is 16.5. The number of fused-ring (bicyclic) bond motifs is 3. The molecule has 0 radical (unpaired) electrons. The maximum atomic E-state index is 12.3. The lowest BCUT2D eigenvalue weighted by atomic mass is 9.84. The number of carbonyl (C=O) groups excluding carboxylic acids is 1. The average molecular weight is 354 g/mol. The number of rotatable bonds is 3. The van der Waals surface area contributed by atoms with Gasteiger partial charge in [-0.3, -0.25) is 10.1 Å². The zero-order valence-corrected chi connectivity index (χ0v) is 14.5. The molecule has 0 aliphatic carbocycles. The van der Waals surface area contributed by atoms with Gasteiger partial charge in [0.2, 0.25) is 0 Å². The lowest BCUT2D eigenvalue weighted by molar-refractivity contribution is 0.0807. The minimum atomic E-state index is -0.270. The molecule has 4 rings (SSSR count). The Morgan fingerprint density at radius 2 is 2.13 bits per heavy atom. The molecule has 1 aromatic rings. The van der Waals surface area contributed by atoms with E-state index >= 15 is 0 Å². The summed E-state index contributed by atoms with van der Waals surface area (Å²) in [5, 5.41) is 6.79. The molecule has 0 spiro atoms. The van der Waals surface area contributed by atoms with Crippen molar-refractivity contribution in [2.75, 3.05) is 26.7 Å². The van der Waals surface area contributed by atoms with Gasteiger partial charge in [0.15, 0.2) is 5.11 Å². The van der Waals surface area contributed by atoms with Gasteiger partial charge in [-0.05, 0) is 62.3 Å². The van der Waals surface area contributed by atoms with Gasteiger partial charge in [0.25, 0.3) is 5.91 Å². The third-order valence-corrected chi connectivity index (χ3v) is 5.13. The van der Waals surface area contributed by atoms with Crippen molar-refractivity contribution in [3.05, 3.63) is 28.8 Å². The first-order chi connectivity index (χ1) is 11.1. The smallest absolute Gasteiger partial charge is 0.257 e. The topological polar surface area (TPSA) is 53.6 Å². The molecular formula is C16H20ClN3O2S. The Morgan fingerprint density at radius 3 is 2.70 bits per heavy atom. The van der Waals surface area contributed by atoms with E-state index in [-0.39, 0.29) is 5.91 Å². The van der Waals surface area contributed by atoms with Crippen molar-refractivity contribution < 1.29 is 9.53 Å². The number of hydrogen-bond donors (Lipinski definition) is 2. The zero-order chi connectivity index (χ0) is 16.4. The molecule has 3 aliphatic heterocycles. The fraction of sp³-hybridized carbons (Fsp3) is 0.500.